The van der Waals surface area contributed by atoms with Crippen LogP contribution in [0.3, 0.4) is 0 Å². The summed E-state index contributed by atoms with van der Waals surface area (Å²) in [6.07, 6.45) is 1.87. The summed E-state index contributed by atoms with van der Waals surface area (Å²) in [4.78, 5) is 8.88. The van der Waals surface area contributed by atoms with Crippen molar-refractivity contribution >= 4 is 0 Å². The summed E-state index contributed by atoms with van der Waals surface area (Å²) in [6.45, 7) is 4.95. The van der Waals surface area contributed by atoms with Crippen LogP contribution < -0.4 is 10.1 Å². The van der Waals surface area contributed by atoms with Crippen molar-refractivity contribution in [3.8, 4) is 5.88 Å². The molecule has 0 aromatic carbocycles. The fraction of sp³-hybridized carbons (Fsp3) is 0.667. The molecule has 5 nitrogen and oxygen atoms in total. The maximum atomic E-state index is 5.68. The molecule has 0 unspecified atom stereocenters. The van der Waals surface area contributed by atoms with Crippen molar-refractivity contribution in [1.82, 2.24) is 15.3 Å². The largest absolute Gasteiger partial charge is 0.475 e. The predicted octanol–water partition coefficient (Wildman–Crippen LogP) is 0.498. The molecular weight excluding hydrogens is 218 g/mol. The molecule has 0 aliphatic carbocycles. The van der Waals surface area contributed by atoms with Gasteiger partial charge in [0.25, 0.3) is 0 Å². The summed E-state index contributed by atoms with van der Waals surface area (Å²) in [7, 11) is 1.67. The zero-order valence-electron chi connectivity index (χ0n) is 10.5. The van der Waals surface area contributed by atoms with Crippen LogP contribution in [0.15, 0.2) is 0 Å². The average molecular weight is 237 g/mol. The van der Waals surface area contributed by atoms with Crippen LogP contribution in [0.4, 0.5) is 0 Å². The Morgan fingerprint density at radius 2 is 2.00 bits per heavy atom. The summed E-state index contributed by atoms with van der Waals surface area (Å²) >= 11 is 0. The van der Waals surface area contributed by atoms with E-state index in [4.69, 9.17) is 9.47 Å². The van der Waals surface area contributed by atoms with Gasteiger partial charge in [0.15, 0.2) is 0 Å². The predicted molar refractivity (Wildman–Crippen MR) is 64.4 cm³/mol. The number of rotatable bonds is 4. The van der Waals surface area contributed by atoms with E-state index in [1.54, 1.807) is 7.11 Å². The minimum atomic E-state index is 0.535. The van der Waals surface area contributed by atoms with Crippen molar-refractivity contribution in [2.75, 3.05) is 33.4 Å². The van der Waals surface area contributed by atoms with E-state index in [0.717, 1.165) is 48.9 Å². The maximum Gasteiger partial charge on any atom is 0.220 e. The Kier molecular flexibility index (Phi) is 4.28. The van der Waals surface area contributed by atoms with E-state index >= 15 is 0 Å². The molecule has 1 aromatic rings. The van der Waals surface area contributed by atoms with Crippen LogP contribution in [-0.4, -0.2) is 43.4 Å². The molecule has 0 fully saturated rings. The van der Waals surface area contributed by atoms with E-state index in [2.05, 4.69) is 15.3 Å². The molecule has 0 spiro atoms. The Bertz CT molecular complexity index is 382. The van der Waals surface area contributed by atoms with Gasteiger partial charge in [0, 0.05) is 25.6 Å². The first kappa shape index (κ1) is 12.3. The minimum absolute atomic E-state index is 0.535. The molecule has 1 aromatic heterocycles. The third-order valence-electron chi connectivity index (χ3n) is 2.78. The van der Waals surface area contributed by atoms with Crippen molar-refractivity contribution in [2.45, 2.75) is 19.8 Å². The molecule has 0 atom stereocenters. The summed E-state index contributed by atoms with van der Waals surface area (Å²) in [5.41, 5.74) is 2.27. The Morgan fingerprint density at radius 1 is 1.18 bits per heavy atom. The molecule has 2 rings (SSSR count). The molecule has 5 heteroatoms. The number of aromatic nitrogens is 2. The first-order chi connectivity index (χ1) is 8.31. The molecule has 0 bridgehead atoms. The summed E-state index contributed by atoms with van der Waals surface area (Å²) < 4.78 is 10.7. The van der Waals surface area contributed by atoms with Crippen molar-refractivity contribution in [3.05, 3.63) is 17.1 Å². The molecular formula is C12H19N3O2. The van der Waals surface area contributed by atoms with Gasteiger partial charge in [-0.15, -0.1) is 0 Å². The van der Waals surface area contributed by atoms with Gasteiger partial charge in [0.1, 0.15) is 12.4 Å². The fourth-order valence-electron chi connectivity index (χ4n) is 1.97. The first-order valence-electron chi connectivity index (χ1n) is 6.00. The van der Waals surface area contributed by atoms with Crippen molar-refractivity contribution < 1.29 is 9.47 Å². The SMILES string of the molecule is COCCOc1nc(C)nc2c1CCNCC2. The molecule has 0 saturated carbocycles. The second-order valence-corrected chi connectivity index (χ2v) is 4.09. The van der Waals surface area contributed by atoms with Gasteiger partial charge in [-0.3, -0.25) is 0 Å². The highest BCUT2D eigenvalue weighted by Gasteiger charge is 2.16. The molecule has 0 amide bonds. The van der Waals surface area contributed by atoms with Gasteiger partial charge in [0.05, 0.1) is 12.3 Å². The van der Waals surface area contributed by atoms with Crippen molar-refractivity contribution in [3.63, 3.8) is 0 Å². The van der Waals surface area contributed by atoms with Gasteiger partial charge in [-0.05, 0) is 19.9 Å². The molecule has 1 N–H and O–H groups in total. The Labute approximate surface area is 102 Å². The van der Waals surface area contributed by atoms with Gasteiger partial charge < -0.3 is 14.8 Å². The second-order valence-electron chi connectivity index (χ2n) is 4.09. The van der Waals surface area contributed by atoms with Crippen molar-refractivity contribution in [1.29, 1.82) is 0 Å². The third kappa shape index (κ3) is 3.14. The minimum Gasteiger partial charge on any atom is -0.475 e. The average Bonchev–Trinajstić information content (AvgIpc) is 2.54. The molecule has 1 aliphatic rings. The number of nitrogens with zero attached hydrogens (tertiary/aromatic N) is 2. The fourth-order valence-corrected chi connectivity index (χ4v) is 1.97. The van der Waals surface area contributed by atoms with Crippen LogP contribution in [0.1, 0.15) is 17.1 Å². The van der Waals surface area contributed by atoms with Crippen LogP contribution in [0.5, 0.6) is 5.88 Å². The van der Waals surface area contributed by atoms with Crippen LogP contribution in [-0.2, 0) is 17.6 Å². The second kappa shape index (κ2) is 5.93. The molecule has 94 valence electrons. The smallest absolute Gasteiger partial charge is 0.220 e. The number of hydrogen-bond donors (Lipinski definition) is 1. The highest BCUT2D eigenvalue weighted by molar-refractivity contribution is 5.32. The van der Waals surface area contributed by atoms with E-state index in [0.29, 0.717) is 13.2 Å². The maximum absolute atomic E-state index is 5.68. The van der Waals surface area contributed by atoms with Gasteiger partial charge in [-0.2, -0.15) is 4.98 Å². The van der Waals surface area contributed by atoms with E-state index < -0.39 is 0 Å². The highest BCUT2D eigenvalue weighted by atomic mass is 16.5. The molecule has 1 aliphatic heterocycles. The van der Waals surface area contributed by atoms with E-state index in [1.807, 2.05) is 6.92 Å². The standard InChI is InChI=1S/C12H19N3O2/c1-9-14-11-4-6-13-5-3-10(11)12(15-9)17-8-7-16-2/h13H,3-8H2,1-2H3. The van der Waals surface area contributed by atoms with E-state index in [9.17, 15) is 0 Å². The Balaban J connectivity index is 2.20. The zero-order valence-corrected chi connectivity index (χ0v) is 10.5. The summed E-state index contributed by atoms with van der Waals surface area (Å²) in [5, 5.41) is 3.36. The number of hydrogen-bond acceptors (Lipinski definition) is 5. The van der Waals surface area contributed by atoms with Crippen LogP contribution in [0, 0.1) is 6.92 Å². The van der Waals surface area contributed by atoms with Crippen LogP contribution >= 0.6 is 0 Å². The monoisotopic (exact) mass is 237 g/mol. The molecule has 17 heavy (non-hydrogen) atoms. The number of fused-ring (bicyclic) bond motifs is 1. The Hall–Kier alpha value is -1.20. The molecule has 0 saturated heterocycles. The Morgan fingerprint density at radius 3 is 2.82 bits per heavy atom. The van der Waals surface area contributed by atoms with E-state index in [-0.39, 0.29) is 0 Å². The lowest BCUT2D eigenvalue weighted by molar-refractivity contribution is 0.143. The third-order valence-corrected chi connectivity index (χ3v) is 2.78. The number of ether oxygens (including phenoxy) is 2. The van der Waals surface area contributed by atoms with Crippen LogP contribution in [0.2, 0.25) is 0 Å². The van der Waals surface area contributed by atoms with Crippen molar-refractivity contribution in [2.24, 2.45) is 0 Å². The number of nitrogens with one attached hydrogen (secondary N) is 1. The normalized spacial score (nSPS) is 15.2. The highest BCUT2D eigenvalue weighted by Crippen LogP contribution is 2.21. The van der Waals surface area contributed by atoms with Gasteiger partial charge in [0.2, 0.25) is 5.88 Å². The van der Waals surface area contributed by atoms with Gasteiger partial charge >= 0.3 is 0 Å². The van der Waals surface area contributed by atoms with Gasteiger partial charge in [-0.25, -0.2) is 4.98 Å². The lowest BCUT2D eigenvalue weighted by Crippen LogP contribution is -2.16. The zero-order chi connectivity index (χ0) is 12.1. The van der Waals surface area contributed by atoms with E-state index in [1.165, 1.54) is 0 Å². The summed E-state index contributed by atoms with van der Waals surface area (Å²) in [6, 6.07) is 0. The quantitative estimate of drug-likeness (QED) is 0.773. The van der Waals surface area contributed by atoms with Gasteiger partial charge in [-0.1, -0.05) is 0 Å². The lowest BCUT2D eigenvalue weighted by atomic mass is 10.1. The summed E-state index contributed by atoms with van der Waals surface area (Å²) in [5.74, 6) is 1.51. The lowest BCUT2D eigenvalue weighted by Gasteiger charge is -2.12. The number of methoxy groups -OCH3 is 1. The van der Waals surface area contributed by atoms with Crippen LogP contribution in [0.25, 0.3) is 0 Å². The first-order valence-corrected chi connectivity index (χ1v) is 6.00. The molecule has 2 heterocycles. The number of aryl methyl sites for hydroxylation is 1. The molecule has 0 radical (unpaired) electrons. The topological polar surface area (TPSA) is 56.3 Å².